The van der Waals surface area contributed by atoms with Gasteiger partial charge in [0.15, 0.2) is 0 Å². The summed E-state index contributed by atoms with van der Waals surface area (Å²) in [5, 5.41) is 0. The number of piperazine rings is 1. The fraction of sp³-hybridized carbons (Fsp3) is 0.364. The van der Waals surface area contributed by atoms with E-state index < -0.39 is 0 Å². The topological polar surface area (TPSA) is 76.4 Å². The van der Waals surface area contributed by atoms with Crippen LogP contribution in [0.25, 0.3) is 5.82 Å². The number of hydrogen-bond donors (Lipinski definition) is 0. The summed E-state index contributed by atoms with van der Waals surface area (Å²) in [5.41, 5.74) is 2.05. The Morgan fingerprint density at radius 3 is 2.47 bits per heavy atom. The molecule has 0 radical (unpaired) electrons. The van der Waals surface area contributed by atoms with Crippen LogP contribution in [0.4, 0.5) is 5.82 Å². The Morgan fingerprint density at radius 1 is 1.03 bits per heavy atom. The molecule has 4 rings (SSSR count). The number of methoxy groups -OCH3 is 1. The smallest absolute Gasteiger partial charge is 0.227 e. The number of rotatable bonds is 5. The Balaban J connectivity index is 1.37. The van der Waals surface area contributed by atoms with E-state index in [0.29, 0.717) is 19.5 Å². The van der Waals surface area contributed by atoms with E-state index in [1.807, 2.05) is 53.8 Å². The van der Waals surface area contributed by atoms with Gasteiger partial charge in [0.25, 0.3) is 0 Å². The molecule has 0 spiro atoms. The number of amides is 1. The molecule has 0 bridgehead atoms. The zero-order chi connectivity index (χ0) is 21.1. The molecule has 8 heteroatoms. The lowest BCUT2D eigenvalue weighted by Gasteiger charge is -2.35. The minimum atomic E-state index is 0.150. The van der Waals surface area contributed by atoms with Gasteiger partial charge in [0.2, 0.25) is 5.91 Å². The molecule has 0 saturated carbocycles. The van der Waals surface area contributed by atoms with Gasteiger partial charge in [0.1, 0.15) is 29.5 Å². The van der Waals surface area contributed by atoms with Crippen LogP contribution in [0.1, 0.15) is 17.0 Å². The summed E-state index contributed by atoms with van der Waals surface area (Å²) in [5.74, 6) is 3.53. The number of aryl methyl sites for hydroxylation is 2. The van der Waals surface area contributed by atoms with Crippen LogP contribution in [0.5, 0.6) is 5.75 Å². The molecule has 156 valence electrons. The van der Waals surface area contributed by atoms with Gasteiger partial charge in [-0.15, -0.1) is 0 Å². The lowest BCUT2D eigenvalue weighted by atomic mass is 10.1. The Kier molecular flexibility index (Phi) is 5.65. The molecule has 0 N–H and O–H groups in total. The number of anilines is 1. The van der Waals surface area contributed by atoms with E-state index in [-0.39, 0.29) is 5.91 Å². The second-order valence-electron chi connectivity index (χ2n) is 7.43. The average molecular weight is 406 g/mol. The van der Waals surface area contributed by atoms with Crippen LogP contribution >= 0.6 is 0 Å². The summed E-state index contributed by atoms with van der Waals surface area (Å²) in [4.78, 5) is 29.9. The third-order valence-corrected chi connectivity index (χ3v) is 5.48. The SMILES string of the molecule is COc1ccc(CC(=O)N2CCN(c3cc(-n4ccnc4C)ncn3)CC2)cc1C. The fourth-order valence-electron chi connectivity index (χ4n) is 3.78. The number of carbonyl (C=O) groups is 1. The number of hydrogen-bond acceptors (Lipinski definition) is 6. The van der Waals surface area contributed by atoms with Crippen molar-refractivity contribution < 1.29 is 9.53 Å². The highest BCUT2D eigenvalue weighted by Gasteiger charge is 2.22. The first-order chi connectivity index (χ1) is 14.5. The summed E-state index contributed by atoms with van der Waals surface area (Å²) in [6.45, 7) is 6.78. The zero-order valence-corrected chi connectivity index (χ0v) is 17.6. The summed E-state index contributed by atoms with van der Waals surface area (Å²) in [6, 6.07) is 7.87. The van der Waals surface area contributed by atoms with Gasteiger partial charge in [0, 0.05) is 44.6 Å². The standard InChI is InChI=1S/C22H26N6O2/c1-16-12-18(4-5-19(16)30-3)13-22(29)27-10-8-26(9-11-27)20-14-21(25-15-24-20)28-7-6-23-17(28)2/h4-7,12,14-15H,8-11,13H2,1-3H3. The van der Waals surface area contributed by atoms with E-state index in [0.717, 1.165) is 47.4 Å². The highest BCUT2D eigenvalue weighted by atomic mass is 16.5. The molecular weight excluding hydrogens is 380 g/mol. The molecule has 1 aromatic carbocycles. The van der Waals surface area contributed by atoms with Crippen molar-refractivity contribution >= 4 is 11.7 Å². The lowest BCUT2D eigenvalue weighted by Crippen LogP contribution is -2.49. The first-order valence-corrected chi connectivity index (χ1v) is 10.0. The molecule has 1 fully saturated rings. The molecule has 30 heavy (non-hydrogen) atoms. The van der Waals surface area contributed by atoms with Gasteiger partial charge in [-0.1, -0.05) is 12.1 Å². The van der Waals surface area contributed by atoms with Gasteiger partial charge in [-0.25, -0.2) is 15.0 Å². The molecule has 0 atom stereocenters. The zero-order valence-electron chi connectivity index (χ0n) is 17.6. The van der Waals surface area contributed by atoms with Gasteiger partial charge < -0.3 is 14.5 Å². The van der Waals surface area contributed by atoms with Crippen LogP contribution in [-0.4, -0.2) is 63.6 Å². The van der Waals surface area contributed by atoms with Crippen molar-refractivity contribution in [1.82, 2.24) is 24.4 Å². The van der Waals surface area contributed by atoms with Crippen molar-refractivity contribution in [1.29, 1.82) is 0 Å². The lowest BCUT2D eigenvalue weighted by molar-refractivity contribution is -0.130. The van der Waals surface area contributed by atoms with Crippen LogP contribution in [0, 0.1) is 13.8 Å². The Bertz CT molecular complexity index is 1040. The van der Waals surface area contributed by atoms with E-state index in [1.54, 1.807) is 19.6 Å². The van der Waals surface area contributed by atoms with Crippen molar-refractivity contribution in [3.05, 3.63) is 59.9 Å². The molecule has 1 amide bonds. The van der Waals surface area contributed by atoms with Crippen molar-refractivity contribution in [2.24, 2.45) is 0 Å². The molecule has 8 nitrogen and oxygen atoms in total. The maximum absolute atomic E-state index is 12.8. The minimum Gasteiger partial charge on any atom is -0.496 e. The molecular formula is C22H26N6O2. The summed E-state index contributed by atoms with van der Waals surface area (Å²) >= 11 is 0. The molecule has 3 aromatic rings. The maximum atomic E-state index is 12.8. The molecule has 1 saturated heterocycles. The molecule has 1 aliphatic heterocycles. The molecule has 3 heterocycles. The fourth-order valence-corrected chi connectivity index (χ4v) is 3.78. The average Bonchev–Trinajstić information content (AvgIpc) is 3.20. The minimum absolute atomic E-state index is 0.150. The predicted molar refractivity (Wildman–Crippen MR) is 114 cm³/mol. The van der Waals surface area contributed by atoms with Crippen molar-refractivity contribution in [3.8, 4) is 11.6 Å². The van der Waals surface area contributed by atoms with E-state index in [1.165, 1.54) is 0 Å². The molecule has 2 aromatic heterocycles. The summed E-state index contributed by atoms with van der Waals surface area (Å²) in [7, 11) is 1.66. The maximum Gasteiger partial charge on any atom is 0.227 e. The summed E-state index contributed by atoms with van der Waals surface area (Å²) < 4.78 is 7.23. The number of nitrogens with zero attached hydrogens (tertiary/aromatic N) is 6. The quantitative estimate of drug-likeness (QED) is 0.646. The first kappa shape index (κ1) is 19.9. The number of benzene rings is 1. The van der Waals surface area contributed by atoms with Crippen LogP contribution in [-0.2, 0) is 11.2 Å². The van der Waals surface area contributed by atoms with Crippen molar-refractivity contribution in [3.63, 3.8) is 0 Å². The van der Waals surface area contributed by atoms with Crippen LogP contribution in [0.2, 0.25) is 0 Å². The van der Waals surface area contributed by atoms with E-state index >= 15 is 0 Å². The van der Waals surface area contributed by atoms with Gasteiger partial charge in [-0.2, -0.15) is 0 Å². The van der Waals surface area contributed by atoms with Gasteiger partial charge in [-0.3, -0.25) is 9.36 Å². The number of aromatic nitrogens is 4. The predicted octanol–water partition coefficient (Wildman–Crippen LogP) is 2.18. The summed E-state index contributed by atoms with van der Waals surface area (Å²) in [6.07, 6.45) is 5.63. The highest BCUT2D eigenvalue weighted by molar-refractivity contribution is 5.79. The second-order valence-corrected chi connectivity index (χ2v) is 7.43. The largest absolute Gasteiger partial charge is 0.496 e. The van der Waals surface area contributed by atoms with Gasteiger partial charge in [0.05, 0.1) is 13.5 Å². The van der Waals surface area contributed by atoms with E-state index in [4.69, 9.17) is 4.74 Å². The van der Waals surface area contributed by atoms with Crippen LogP contribution < -0.4 is 9.64 Å². The number of carbonyl (C=O) groups excluding carboxylic acids is 1. The van der Waals surface area contributed by atoms with Gasteiger partial charge >= 0.3 is 0 Å². The third-order valence-electron chi connectivity index (χ3n) is 5.48. The Hall–Kier alpha value is -3.42. The second kappa shape index (κ2) is 8.52. The molecule has 0 aliphatic carbocycles. The number of imidazole rings is 1. The van der Waals surface area contributed by atoms with E-state index in [9.17, 15) is 4.79 Å². The van der Waals surface area contributed by atoms with Crippen molar-refractivity contribution in [2.45, 2.75) is 20.3 Å². The third kappa shape index (κ3) is 4.12. The Morgan fingerprint density at radius 2 is 1.80 bits per heavy atom. The van der Waals surface area contributed by atoms with Crippen LogP contribution in [0.15, 0.2) is 43.0 Å². The Labute approximate surface area is 176 Å². The monoisotopic (exact) mass is 406 g/mol. The van der Waals surface area contributed by atoms with Crippen molar-refractivity contribution in [2.75, 3.05) is 38.2 Å². The van der Waals surface area contributed by atoms with E-state index in [2.05, 4.69) is 19.9 Å². The number of ether oxygens (including phenoxy) is 1. The normalized spacial score (nSPS) is 14.1. The van der Waals surface area contributed by atoms with Gasteiger partial charge in [-0.05, 0) is 31.0 Å². The van der Waals surface area contributed by atoms with Crippen LogP contribution in [0.3, 0.4) is 0 Å². The highest BCUT2D eigenvalue weighted by Crippen LogP contribution is 2.20. The first-order valence-electron chi connectivity index (χ1n) is 10.0. The molecule has 1 aliphatic rings. The molecule has 0 unspecified atom stereocenters.